The van der Waals surface area contributed by atoms with Crippen LogP contribution in [-0.2, 0) is 0 Å². The molecule has 0 radical (unpaired) electrons. The molecule has 0 saturated carbocycles. The van der Waals surface area contributed by atoms with Crippen molar-refractivity contribution < 1.29 is 0 Å². The molecule has 1 fully saturated rings. The number of nitrogens with zero attached hydrogens (tertiary/aromatic N) is 1. The van der Waals surface area contributed by atoms with Crippen molar-refractivity contribution in [1.29, 1.82) is 0 Å². The average molecular weight is 162 g/mol. The molecule has 0 spiro atoms. The number of likely N-dealkylation sites (tertiary alicyclic amines) is 1. The standard InChI is InChI=1S/C8H16ClN/c1-3-4-10-5-7(2)8(9)6-10/h7-8H,3-6H2,1-2H3. The summed E-state index contributed by atoms with van der Waals surface area (Å²) in [5.74, 6) is 0.688. The van der Waals surface area contributed by atoms with E-state index in [-0.39, 0.29) is 0 Å². The highest BCUT2D eigenvalue weighted by Gasteiger charge is 2.26. The molecule has 1 heterocycles. The third-order valence-corrected chi connectivity index (χ3v) is 2.70. The number of halogens is 1. The Kier molecular flexibility index (Phi) is 2.99. The lowest BCUT2D eigenvalue weighted by atomic mass is 10.2. The monoisotopic (exact) mass is 161 g/mol. The quantitative estimate of drug-likeness (QED) is 0.560. The van der Waals surface area contributed by atoms with Crippen LogP contribution in [0.3, 0.4) is 0 Å². The fourth-order valence-electron chi connectivity index (χ4n) is 1.52. The van der Waals surface area contributed by atoms with Gasteiger partial charge in [-0.05, 0) is 18.9 Å². The zero-order valence-electron chi connectivity index (χ0n) is 6.81. The SMILES string of the molecule is CCCN1CC(C)C(Cl)C1. The summed E-state index contributed by atoms with van der Waals surface area (Å²) >= 11 is 6.05. The van der Waals surface area contributed by atoms with Gasteiger partial charge in [0.15, 0.2) is 0 Å². The maximum Gasteiger partial charge on any atom is 0.0500 e. The summed E-state index contributed by atoms with van der Waals surface area (Å²) in [7, 11) is 0. The predicted octanol–water partition coefficient (Wildman–Crippen LogP) is 1.96. The normalized spacial score (nSPS) is 35.1. The number of hydrogen-bond acceptors (Lipinski definition) is 1. The molecule has 0 aromatic rings. The molecule has 0 aliphatic carbocycles. The van der Waals surface area contributed by atoms with Gasteiger partial charge in [-0.2, -0.15) is 0 Å². The van der Waals surface area contributed by atoms with Gasteiger partial charge in [0.25, 0.3) is 0 Å². The van der Waals surface area contributed by atoms with Gasteiger partial charge in [0.2, 0.25) is 0 Å². The van der Waals surface area contributed by atoms with Crippen LogP contribution < -0.4 is 0 Å². The van der Waals surface area contributed by atoms with E-state index in [9.17, 15) is 0 Å². The highest BCUT2D eigenvalue weighted by Crippen LogP contribution is 2.20. The van der Waals surface area contributed by atoms with Crippen molar-refractivity contribution in [3.05, 3.63) is 0 Å². The first-order chi connectivity index (χ1) is 4.74. The molecule has 1 aliphatic heterocycles. The van der Waals surface area contributed by atoms with Gasteiger partial charge < -0.3 is 4.90 Å². The lowest BCUT2D eigenvalue weighted by Gasteiger charge is -2.12. The summed E-state index contributed by atoms with van der Waals surface area (Å²) in [4.78, 5) is 2.45. The minimum atomic E-state index is 0.395. The Bertz CT molecular complexity index is 95.4. The van der Waals surface area contributed by atoms with Crippen LogP contribution in [0.1, 0.15) is 20.3 Å². The summed E-state index contributed by atoms with van der Waals surface area (Å²) in [6.45, 7) is 7.95. The second kappa shape index (κ2) is 3.59. The van der Waals surface area contributed by atoms with Gasteiger partial charge in [-0.1, -0.05) is 13.8 Å². The Morgan fingerprint density at radius 2 is 2.20 bits per heavy atom. The van der Waals surface area contributed by atoms with Crippen LogP contribution in [0.4, 0.5) is 0 Å². The molecule has 2 heteroatoms. The lowest BCUT2D eigenvalue weighted by molar-refractivity contribution is 0.329. The zero-order valence-corrected chi connectivity index (χ0v) is 7.56. The van der Waals surface area contributed by atoms with E-state index in [4.69, 9.17) is 11.6 Å². The van der Waals surface area contributed by atoms with Crippen LogP contribution in [-0.4, -0.2) is 29.9 Å². The van der Waals surface area contributed by atoms with Gasteiger partial charge in [0.05, 0.1) is 5.38 Å². The Labute approximate surface area is 68.4 Å². The topological polar surface area (TPSA) is 3.24 Å². The molecule has 0 N–H and O–H groups in total. The van der Waals surface area contributed by atoms with E-state index in [1.807, 2.05) is 0 Å². The highest BCUT2D eigenvalue weighted by molar-refractivity contribution is 6.21. The molecule has 2 unspecified atom stereocenters. The summed E-state index contributed by atoms with van der Waals surface area (Å²) in [6, 6.07) is 0. The number of alkyl halides is 1. The first kappa shape index (κ1) is 8.35. The van der Waals surface area contributed by atoms with Crippen molar-refractivity contribution >= 4 is 11.6 Å². The molecule has 1 nitrogen and oxygen atoms in total. The van der Waals surface area contributed by atoms with E-state index in [0.29, 0.717) is 11.3 Å². The van der Waals surface area contributed by atoms with E-state index in [2.05, 4.69) is 18.7 Å². The Hall–Kier alpha value is 0.250. The first-order valence-electron chi connectivity index (χ1n) is 4.10. The van der Waals surface area contributed by atoms with Gasteiger partial charge in [-0.15, -0.1) is 11.6 Å². The smallest absolute Gasteiger partial charge is 0.0500 e. The highest BCUT2D eigenvalue weighted by atomic mass is 35.5. The predicted molar refractivity (Wildman–Crippen MR) is 45.5 cm³/mol. The molecule has 0 bridgehead atoms. The van der Waals surface area contributed by atoms with Crippen molar-refractivity contribution in [3.8, 4) is 0 Å². The van der Waals surface area contributed by atoms with Crippen molar-refractivity contribution in [1.82, 2.24) is 4.90 Å². The molecule has 0 aromatic carbocycles. The van der Waals surface area contributed by atoms with E-state index < -0.39 is 0 Å². The largest absolute Gasteiger partial charge is 0.302 e. The summed E-state index contributed by atoms with van der Waals surface area (Å²) in [6.07, 6.45) is 1.25. The minimum absolute atomic E-state index is 0.395. The molecule has 10 heavy (non-hydrogen) atoms. The van der Waals surface area contributed by atoms with Crippen LogP contribution in [0, 0.1) is 5.92 Å². The molecule has 0 aromatic heterocycles. The van der Waals surface area contributed by atoms with Crippen LogP contribution in [0.2, 0.25) is 0 Å². The van der Waals surface area contributed by atoms with Gasteiger partial charge in [0.1, 0.15) is 0 Å². The van der Waals surface area contributed by atoms with Gasteiger partial charge in [-0.3, -0.25) is 0 Å². The molecule has 1 aliphatic rings. The van der Waals surface area contributed by atoms with Crippen LogP contribution >= 0.6 is 11.6 Å². The Morgan fingerprint density at radius 1 is 1.50 bits per heavy atom. The molecule has 1 rings (SSSR count). The third-order valence-electron chi connectivity index (χ3n) is 2.14. The number of rotatable bonds is 2. The fraction of sp³-hybridized carbons (Fsp3) is 1.00. The van der Waals surface area contributed by atoms with Crippen LogP contribution in [0.25, 0.3) is 0 Å². The fourth-order valence-corrected chi connectivity index (χ4v) is 1.80. The molecular weight excluding hydrogens is 146 g/mol. The van der Waals surface area contributed by atoms with Crippen molar-refractivity contribution in [2.75, 3.05) is 19.6 Å². The molecule has 0 amide bonds. The zero-order chi connectivity index (χ0) is 7.56. The molecule has 2 atom stereocenters. The van der Waals surface area contributed by atoms with Crippen LogP contribution in [0.5, 0.6) is 0 Å². The van der Waals surface area contributed by atoms with E-state index in [1.54, 1.807) is 0 Å². The third kappa shape index (κ3) is 1.86. The van der Waals surface area contributed by atoms with Crippen molar-refractivity contribution in [2.45, 2.75) is 25.6 Å². The summed E-state index contributed by atoms with van der Waals surface area (Å²) < 4.78 is 0. The second-order valence-corrected chi connectivity index (χ2v) is 3.81. The van der Waals surface area contributed by atoms with Crippen LogP contribution in [0.15, 0.2) is 0 Å². The summed E-state index contributed by atoms with van der Waals surface area (Å²) in [5, 5.41) is 0.395. The Balaban J connectivity index is 2.27. The number of hydrogen-bond donors (Lipinski definition) is 0. The second-order valence-electron chi connectivity index (χ2n) is 3.25. The van der Waals surface area contributed by atoms with Crippen molar-refractivity contribution in [3.63, 3.8) is 0 Å². The molecule has 60 valence electrons. The molecular formula is C8H16ClN. The summed E-state index contributed by atoms with van der Waals surface area (Å²) in [5.41, 5.74) is 0. The Morgan fingerprint density at radius 3 is 2.60 bits per heavy atom. The van der Waals surface area contributed by atoms with Crippen molar-refractivity contribution in [2.24, 2.45) is 5.92 Å². The maximum absolute atomic E-state index is 6.05. The first-order valence-corrected chi connectivity index (χ1v) is 4.54. The molecule has 1 saturated heterocycles. The van der Waals surface area contributed by atoms with E-state index >= 15 is 0 Å². The van der Waals surface area contributed by atoms with E-state index in [0.717, 1.165) is 6.54 Å². The van der Waals surface area contributed by atoms with Gasteiger partial charge in [0, 0.05) is 13.1 Å². The van der Waals surface area contributed by atoms with E-state index in [1.165, 1.54) is 19.5 Å². The lowest BCUT2D eigenvalue weighted by Crippen LogP contribution is -2.21. The van der Waals surface area contributed by atoms with Gasteiger partial charge >= 0.3 is 0 Å². The minimum Gasteiger partial charge on any atom is -0.302 e. The average Bonchev–Trinajstić information content (AvgIpc) is 2.14. The van der Waals surface area contributed by atoms with Gasteiger partial charge in [-0.25, -0.2) is 0 Å². The maximum atomic E-state index is 6.05.